The van der Waals surface area contributed by atoms with E-state index in [0.29, 0.717) is 0 Å². The van der Waals surface area contributed by atoms with Gasteiger partial charge < -0.3 is 0 Å². The Morgan fingerprint density at radius 2 is 1.60 bits per heavy atom. The minimum atomic E-state index is -1.55. The van der Waals surface area contributed by atoms with Crippen LogP contribution in [0.3, 0.4) is 0 Å². The van der Waals surface area contributed by atoms with Gasteiger partial charge in [0.25, 0.3) is 0 Å². The van der Waals surface area contributed by atoms with Gasteiger partial charge in [-0.25, -0.2) is 0 Å². The van der Waals surface area contributed by atoms with Gasteiger partial charge in [0.1, 0.15) is 0 Å². The molecule has 3 atom stereocenters. The van der Waals surface area contributed by atoms with Gasteiger partial charge in [-0.15, -0.1) is 0 Å². The van der Waals surface area contributed by atoms with E-state index in [4.69, 9.17) is 0 Å². The van der Waals surface area contributed by atoms with Crippen LogP contribution < -0.4 is 5.30 Å². The second kappa shape index (κ2) is 5.50. The van der Waals surface area contributed by atoms with E-state index in [1.165, 1.54) is 0 Å². The molecule has 2 rings (SSSR count). The van der Waals surface area contributed by atoms with Crippen molar-refractivity contribution < 1.29 is 4.57 Å². The molecule has 1 aromatic carbocycles. The van der Waals surface area contributed by atoms with Gasteiger partial charge in [-0.3, -0.25) is 0 Å². The lowest BCUT2D eigenvalue weighted by Gasteiger charge is -2.23. The first-order chi connectivity index (χ1) is 9.31. The van der Waals surface area contributed by atoms with E-state index in [-0.39, 0.29) is 11.6 Å². The second-order valence-electron chi connectivity index (χ2n) is 5.81. The predicted molar refractivity (Wildman–Crippen MR) is 88.1 cm³/mol. The third-order valence-electron chi connectivity index (χ3n) is 3.97. The molecule has 0 saturated carbocycles. The zero-order valence-electron chi connectivity index (χ0n) is 12.7. The number of allylic oxidation sites excluding steroid dienone is 4. The van der Waals surface area contributed by atoms with Gasteiger partial charge in [-0.05, 0) is 61.1 Å². The van der Waals surface area contributed by atoms with E-state index >= 15 is 0 Å². The highest BCUT2D eigenvalue weighted by molar-refractivity contribution is 7.54. The molecule has 0 aliphatic heterocycles. The molecule has 1 aliphatic carbocycles. The number of rotatable bonds is 2. The van der Waals surface area contributed by atoms with Crippen molar-refractivity contribution in [1.82, 2.24) is 0 Å². The highest BCUT2D eigenvalue weighted by atomic mass is 31.1. The molecule has 1 aromatic rings. The molecule has 1 nitrogen and oxygen atoms in total. The molecular formula is C18H22OP+. The molecule has 0 fully saturated rings. The Bertz CT molecular complexity index is 617. The molecular weight excluding hydrogens is 263 g/mol. The molecule has 0 aromatic heterocycles. The SMILES string of the molecule is C=C1C(C)=CC(C)C(=C)C1[P+](=O)c1cc(C)cc(C)c1. The number of benzene rings is 1. The van der Waals surface area contributed by atoms with Crippen LogP contribution in [0.15, 0.2) is 54.2 Å². The van der Waals surface area contributed by atoms with Gasteiger partial charge in [-0.2, -0.15) is 0 Å². The van der Waals surface area contributed by atoms with E-state index in [0.717, 1.165) is 33.2 Å². The molecule has 20 heavy (non-hydrogen) atoms. The maximum atomic E-state index is 13.0. The van der Waals surface area contributed by atoms with Gasteiger partial charge in [0.15, 0.2) is 5.30 Å². The van der Waals surface area contributed by atoms with Gasteiger partial charge >= 0.3 is 7.80 Å². The van der Waals surface area contributed by atoms with Crippen LogP contribution >= 0.6 is 7.80 Å². The molecule has 104 valence electrons. The standard InChI is InChI=1S/C18H22OP/c1-11-7-12(2)9-17(8-11)20(19)18-15(5)13(3)10-14(4)16(18)6/h7-10,13,18H,5-6H2,1-4H3/q+1. The summed E-state index contributed by atoms with van der Waals surface area (Å²) in [6.07, 6.45) is 2.16. The summed E-state index contributed by atoms with van der Waals surface area (Å²) in [5.74, 6) is 0.260. The average molecular weight is 285 g/mol. The summed E-state index contributed by atoms with van der Waals surface area (Å²) in [5, 5.41) is 0.909. The van der Waals surface area contributed by atoms with Gasteiger partial charge in [0, 0.05) is 5.57 Å². The normalized spacial score (nSPS) is 23.6. The Labute approximate surface area is 122 Å². The lowest BCUT2D eigenvalue weighted by molar-refractivity contribution is 0.588. The van der Waals surface area contributed by atoms with Crippen molar-refractivity contribution >= 4 is 13.1 Å². The van der Waals surface area contributed by atoms with Crippen molar-refractivity contribution in [1.29, 1.82) is 0 Å². The number of hydrogen-bond donors (Lipinski definition) is 0. The maximum absolute atomic E-state index is 13.0. The lowest BCUT2D eigenvalue weighted by Crippen LogP contribution is -2.22. The van der Waals surface area contributed by atoms with Crippen LogP contribution in [-0.4, -0.2) is 5.66 Å². The fourth-order valence-corrected chi connectivity index (χ4v) is 4.78. The Hall–Kier alpha value is -1.46. The molecule has 2 heteroatoms. The maximum Gasteiger partial charge on any atom is 0.389 e. The van der Waals surface area contributed by atoms with E-state index in [9.17, 15) is 4.57 Å². The van der Waals surface area contributed by atoms with E-state index in [2.05, 4.69) is 32.2 Å². The third kappa shape index (κ3) is 2.69. The summed E-state index contributed by atoms with van der Waals surface area (Å²) in [6.45, 7) is 16.5. The quantitative estimate of drug-likeness (QED) is 0.561. The van der Waals surface area contributed by atoms with Crippen LogP contribution in [0, 0.1) is 19.8 Å². The summed E-state index contributed by atoms with van der Waals surface area (Å²) in [7, 11) is -1.55. The smallest absolute Gasteiger partial charge is 0.0944 e. The van der Waals surface area contributed by atoms with Crippen molar-refractivity contribution in [3.8, 4) is 0 Å². The fraction of sp³-hybridized carbons (Fsp3) is 0.333. The molecule has 0 bridgehead atoms. The Kier molecular flexibility index (Phi) is 4.11. The minimum Gasteiger partial charge on any atom is -0.0944 e. The third-order valence-corrected chi connectivity index (χ3v) is 5.85. The molecule has 3 unspecified atom stereocenters. The summed E-state index contributed by atoms with van der Waals surface area (Å²) >= 11 is 0. The zero-order chi connectivity index (χ0) is 15.0. The van der Waals surface area contributed by atoms with Crippen LogP contribution in [-0.2, 0) is 4.57 Å². The number of aryl methyl sites for hydroxylation is 2. The van der Waals surface area contributed by atoms with Crippen molar-refractivity contribution in [2.75, 3.05) is 0 Å². The molecule has 1 aliphatic rings. The second-order valence-corrected chi connectivity index (χ2v) is 7.50. The largest absolute Gasteiger partial charge is 0.389 e. The first-order valence-corrected chi connectivity index (χ1v) is 8.25. The van der Waals surface area contributed by atoms with Crippen molar-refractivity contribution in [2.45, 2.75) is 33.4 Å². The Morgan fingerprint density at radius 3 is 2.15 bits per heavy atom. The molecule has 0 N–H and O–H groups in total. The van der Waals surface area contributed by atoms with E-state index < -0.39 is 7.80 Å². The van der Waals surface area contributed by atoms with Gasteiger partial charge in [-0.1, -0.05) is 36.8 Å². The summed E-state index contributed by atoms with van der Waals surface area (Å²) in [5.41, 5.74) is 5.27. The summed E-state index contributed by atoms with van der Waals surface area (Å²) in [4.78, 5) is 0. The Morgan fingerprint density at radius 1 is 1.05 bits per heavy atom. The first-order valence-electron chi connectivity index (χ1n) is 6.92. The minimum absolute atomic E-state index is 0.133. The molecule has 0 saturated heterocycles. The summed E-state index contributed by atoms with van der Waals surface area (Å²) in [6, 6.07) is 6.14. The predicted octanol–water partition coefficient (Wildman–Crippen LogP) is 4.83. The van der Waals surface area contributed by atoms with Crippen LogP contribution in [0.25, 0.3) is 0 Å². The van der Waals surface area contributed by atoms with Crippen molar-refractivity contribution in [2.24, 2.45) is 5.92 Å². The number of hydrogen-bond acceptors (Lipinski definition) is 1. The lowest BCUT2D eigenvalue weighted by atomic mass is 9.85. The van der Waals surface area contributed by atoms with Crippen LogP contribution in [0.2, 0.25) is 0 Å². The highest BCUT2D eigenvalue weighted by Gasteiger charge is 2.41. The fourth-order valence-electron chi connectivity index (χ4n) is 2.80. The van der Waals surface area contributed by atoms with Gasteiger partial charge in [0.05, 0.1) is 0 Å². The van der Waals surface area contributed by atoms with Crippen molar-refractivity contribution in [3.05, 3.63) is 65.3 Å². The van der Waals surface area contributed by atoms with Crippen LogP contribution in [0.4, 0.5) is 0 Å². The van der Waals surface area contributed by atoms with Crippen molar-refractivity contribution in [3.63, 3.8) is 0 Å². The van der Waals surface area contributed by atoms with Crippen LogP contribution in [0.5, 0.6) is 0 Å². The Balaban J connectivity index is 2.44. The molecule has 0 spiro atoms. The highest BCUT2D eigenvalue weighted by Crippen LogP contribution is 2.44. The zero-order valence-corrected chi connectivity index (χ0v) is 13.6. The topological polar surface area (TPSA) is 17.1 Å². The van der Waals surface area contributed by atoms with E-state index in [1.54, 1.807) is 0 Å². The summed E-state index contributed by atoms with van der Waals surface area (Å²) < 4.78 is 13.0. The average Bonchev–Trinajstić information content (AvgIpc) is 2.35. The molecule has 0 heterocycles. The van der Waals surface area contributed by atoms with E-state index in [1.807, 2.05) is 32.9 Å². The van der Waals surface area contributed by atoms with Crippen LogP contribution in [0.1, 0.15) is 25.0 Å². The molecule has 0 amide bonds. The first kappa shape index (κ1) is 14.9. The molecule has 0 radical (unpaired) electrons. The van der Waals surface area contributed by atoms with Gasteiger partial charge in [0.2, 0.25) is 5.66 Å². The monoisotopic (exact) mass is 285 g/mol.